The van der Waals surface area contributed by atoms with Gasteiger partial charge in [0.2, 0.25) is 5.91 Å². The summed E-state index contributed by atoms with van der Waals surface area (Å²) in [5.74, 6) is -0.535. The summed E-state index contributed by atoms with van der Waals surface area (Å²) in [4.78, 5) is 29.9. The smallest absolute Gasteiger partial charge is 0.258 e. The van der Waals surface area contributed by atoms with E-state index in [9.17, 15) is 14.7 Å². The van der Waals surface area contributed by atoms with Crippen molar-refractivity contribution in [2.75, 3.05) is 29.9 Å². The largest absolute Gasteiger partial charge is 0.507 e. The van der Waals surface area contributed by atoms with E-state index in [1.807, 2.05) is 18.2 Å². The maximum Gasteiger partial charge on any atom is 0.258 e. The number of nitrogens with zero attached hydrogens (tertiary/aromatic N) is 2. The van der Waals surface area contributed by atoms with Crippen LogP contribution in [0.15, 0.2) is 48.5 Å². The molecule has 0 unspecified atom stereocenters. The van der Waals surface area contributed by atoms with Crippen LogP contribution in [-0.4, -0.2) is 47.5 Å². The molecule has 2 N–H and O–H groups in total. The van der Waals surface area contributed by atoms with Crippen LogP contribution in [0.4, 0.5) is 11.4 Å². The van der Waals surface area contributed by atoms with Crippen molar-refractivity contribution in [2.24, 2.45) is 0 Å². The van der Waals surface area contributed by atoms with Crippen molar-refractivity contribution in [3.63, 3.8) is 0 Å². The first kappa shape index (κ1) is 20.3. The molecule has 0 aromatic heterocycles. The summed E-state index contributed by atoms with van der Waals surface area (Å²) >= 11 is 0. The average Bonchev–Trinajstić information content (AvgIpc) is 3.09. The molecule has 0 aliphatic carbocycles. The van der Waals surface area contributed by atoms with Crippen LogP contribution in [0.2, 0.25) is 0 Å². The molecule has 2 amide bonds. The maximum atomic E-state index is 13.0. The minimum Gasteiger partial charge on any atom is -0.507 e. The summed E-state index contributed by atoms with van der Waals surface area (Å²) in [7, 11) is 0. The maximum absolute atomic E-state index is 13.0. The standard InChI is InChI=1S/C24H29N3O3/c28-22-13-4-3-11-20(22)24(30)27-16-8-12-21(27)23(29)25-18-9-7-10-19(17-18)26-14-5-1-2-6-15-26/h3-4,7,9-11,13,17,21,28H,1-2,5-6,8,12,14-16H2,(H,25,29)/t21-/m0/s1. The van der Waals surface area contributed by atoms with E-state index in [2.05, 4.69) is 16.3 Å². The summed E-state index contributed by atoms with van der Waals surface area (Å²) in [5.41, 5.74) is 2.12. The lowest BCUT2D eigenvalue weighted by molar-refractivity contribution is -0.119. The number of anilines is 2. The Hall–Kier alpha value is -3.02. The SMILES string of the molecule is O=C(Nc1cccc(N2CCCCCC2)c1)[C@@H]1CCCN1C(=O)c1ccccc1O. The molecule has 0 spiro atoms. The molecule has 6 heteroatoms. The monoisotopic (exact) mass is 407 g/mol. The molecule has 6 nitrogen and oxygen atoms in total. The second-order valence-corrected chi connectivity index (χ2v) is 8.11. The van der Waals surface area contributed by atoms with Gasteiger partial charge in [0.1, 0.15) is 11.8 Å². The minimum absolute atomic E-state index is 0.0568. The van der Waals surface area contributed by atoms with Gasteiger partial charge in [0.05, 0.1) is 5.56 Å². The molecule has 2 heterocycles. The van der Waals surface area contributed by atoms with Gasteiger partial charge in [-0.15, -0.1) is 0 Å². The molecular weight excluding hydrogens is 378 g/mol. The van der Waals surface area contributed by atoms with Gasteiger partial charge in [0, 0.05) is 31.0 Å². The van der Waals surface area contributed by atoms with Crippen LogP contribution >= 0.6 is 0 Å². The van der Waals surface area contributed by atoms with E-state index in [0.717, 1.165) is 30.9 Å². The van der Waals surface area contributed by atoms with E-state index in [1.54, 1.807) is 23.1 Å². The molecule has 30 heavy (non-hydrogen) atoms. The molecule has 158 valence electrons. The topological polar surface area (TPSA) is 72.9 Å². The van der Waals surface area contributed by atoms with Crippen molar-refractivity contribution in [3.8, 4) is 5.75 Å². The second-order valence-electron chi connectivity index (χ2n) is 8.11. The zero-order valence-electron chi connectivity index (χ0n) is 17.2. The first-order chi connectivity index (χ1) is 14.6. The predicted molar refractivity (Wildman–Crippen MR) is 118 cm³/mol. The normalized spacial score (nSPS) is 19.4. The molecule has 2 aromatic rings. The highest BCUT2D eigenvalue weighted by Gasteiger charge is 2.35. The quantitative estimate of drug-likeness (QED) is 0.803. The fraction of sp³-hybridized carbons (Fsp3) is 0.417. The molecule has 2 saturated heterocycles. The summed E-state index contributed by atoms with van der Waals surface area (Å²) in [6, 6.07) is 13.9. The van der Waals surface area contributed by atoms with Crippen LogP contribution in [0.1, 0.15) is 48.9 Å². The van der Waals surface area contributed by atoms with E-state index >= 15 is 0 Å². The molecule has 1 atom stereocenters. The number of carbonyl (C=O) groups is 2. The lowest BCUT2D eigenvalue weighted by atomic mass is 10.1. The first-order valence-electron chi connectivity index (χ1n) is 10.9. The van der Waals surface area contributed by atoms with E-state index in [0.29, 0.717) is 13.0 Å². The Labute approximate surface area is 177 Å². The van der Waals surface area contributed by atoms with Gasteiger partial charge in [-0.1, -0.05) is 31.0 Å². The third-order valence-corrected chi connectivity index (χ3v) is 6.04. The van der Waals surface area contributed by atoms with Crippen molar-refractivity contribution in [2.45, 2.75) is 44.6 Å². The summed E-state index contributed by atoms with van der Waals surface area (Å²) in [6.07, 6.45) is 6.33. The summed E-state index contributed by atoms with van der Waals surface area (Å²) < 4.78 is 0. The van der Waals surface area contributed by atoms with Crippen molar-refractivity contribution in [3.05, 3.63) is 54.1 Å². The van der Waals surface area contributed by atoms with Crippen molar-refractivity contribution in [1.82, 2.24) is 4.90 Å². The van der Waals surface area contributed by atoms with Crippen molar-refractivity contribution < 1.29 is 14.7 Å². The molecule has 4 rings (SSSR count). The molecule has 0 saturated carbocycles. The van der Waals surface area contributed by atoms with E-state index in [4.69, 9.17) is 0 Å². The molecular formula is C24H29N3O3. The number of phenols is 1. The minimum atomic E-state index is -0.529. The van der Waals surface area contributed by atoms with Crippen LogP contribution in [0, 0.1) is 0 Å². The first-order valence-corrected chi connectivity index (χ1v) is 10.9. The Morgan fingerprint density at radius 2 is 1.67 bits per heavy atom. The number of amides is 2. The Balaban J connectivity index is 1.46. The highest BCUT2D eigenvalue weighted by atomic mass is 16.3. The van der Waals surface area contributed by atoms with Gasteiger partial charge < -0.3 is 20.2 Å². The molecule has 2 fully saturated rings. The number of nitrogens with one attached hydrogen (secondary N) is 1. The number of hydrogen-bond acceptors (Lipinski definition) is 4. The number of hydrogen-bond donors (Lipinski definition) is 2. The second kappa shape index (κ2) is 9.20. The number of rotatable bonds is 4. The van der Waals surface area contributed by atoms with Gasteiger partial charge in [-0.05, 0) is 56.0 Å². The van der Waals surface area contributed by atoms with E-state index < -0.39 is 6.04 Å². The van der Waals surface area contributed by atoms with E-state index in [-0.39, 0.29) is 23.1 Å². The third-order valence-electron chi connectivity index (χ3n) is 6.04. The molecule has 0 bridgehead atoms. The molecule has 2 aliphatic heterocycles. The highest BCUT2D eigenvalue weighted by molar-refractivity contribution is 6.02. The van der Waals surface area contributed by atoms with Gasteiger partial charge in [-0.2, -0.15) is 0 Å². The van der Waals surface area contributed by atoms with Crippen molar-refractivity contribution in [1.29, 1.82) is 0 Å². The van der Waals surface area contributed by atoms with Crippen molar-refractivity contribution >= 4 is 23.2 Å². The Morgan fingerprint density at radius 3 is 2.43 bits per heavy atom. The number of benzene rings is 2. The number of carbonyl (C=O) groups excluding carboxylic acids is 2. The Kier molecular flexibility index (Phi) is 6.21. The molecule has 2 aromatic carbocycles. The fourth-order valence-electron chi connectivity index (χ4n) is 4.43. The summed E-state index contributed by atoms with van der Waals surface area (Å²) in [6.45, 7) is 2.60. The summed E-state index contributed by atoms with van der Waals surface area (Å²) in [5, 5.41) is 13.0. The van der Waals surface area contributed by atoms with E-state index in [1.165, 1.54) is 31.7 Å². The highest BCUT2D eigenvalue weighted by Crippen LogP contribution is 2.27. The molecule has 2 aliphatic rings. The molecule has 0 radical (unpaired) electrons. The zero-order valence-corrected chi connectivity index (χ0v) is 17.2. The van der Waals surface area contributed by atoms with Crippen LogP contribution in [-0.2, 0) is 4.79 Å². The lowest BCUT2D eigenvalue weighted by Gasteiger charge is -2.25. The number of para-hydroxylation sites is 1. The number of likely N-dealkylation sites (tertiary alicyclic amines) is 1. The van der Waals surface area contributed by atoms with Crippen LogP contribution in [0.3, 0.4) is 0 Å². The fourth-order valence-corrected chi connectivity index (χ4v) is 4.43. The van der Waals surface area contributed by atoms with Gasteiger partial charge in [-0.25, -0.2) is 0 Å². The van der Waals surface area contributed by atoms with Gasteiger partial charge >= 0.3 is 0 Å². The Bertz CT molecular complexity index is 906. The van der Waals surface area contributed by atoms with Crippen LogP contribution < -0.4 is 10.2 Å². The number of phenolic OH excluding ortho intramolecular Hbond substituents is 1. The zero-order chi connectivity index (χ0) is 20.9. The Morgan fingerprint density at radius 1 is 0.900 bits per heavy atom. The average molecular weight is 408 g/mol. The number of aromatic hydroxyl groups is 1. The van der Waals surface area contributed by atoms with Crippen LogP contribution in [0.25, 0.3) is 0 Å². The lowest BCUT2D eigenvalue weighted by Crippen LogP contribution is -2.43. The van der Waals surface area contributed by atoms with Crippen LogP contribution in [0.5, 0.6) is 5.75 Å². The predicted octanol–water partition coefficient (Wildman–Crippen LogP) is 4.02. The van der Waals surface area contributed by atoms with Gasteiger partial charge in [0.15, 0.2) is 0 Å². The van der Waals surface area contributed by atoms with Gasteiger partial charge in [-0.3, -0.25) is 9.59 Å². The third kappa shape index (κ3) is 4.42. The van der Waals surface area contributed by atoms with Gasteiger partial charge in [0.25, 0.3) is 5.91 Å².